The maximum atomic E-state index is 2.61. The second-order valence-electron chi connectivity index (χ2n) is 25.3. The first kappa shape index (κ1) is 47.2. The molecule has 0 N–H and O–H groups in total. The van der Waals surface area contributed by atoms with Gasteiger partial charge in [-0.15, -0.1) is 0 Å². The number of benzene rings is 8. The Labute approximate surface area is 420 Å². The third-order valence-corrected chi connectivity index (χ3v) is 15.0. The fraction of sp³-hybridized carbons (Fsp3) is 0.303. The molecule has 0 radical (unpaired) electrons. The van der Waals surface area contributed by atoms with Gasteiger partial charge in [-0.05, 0) is 143 Å². The van der Waals surface area contributed by atoms with Gasteiger partial charge >= 0.3 is 0 Å². The predicted octanol–water partition coefficient (Wildman–Crippen LogP) is 16.9. The van der Waals surface area contributed by atoms with Crippen LogP contribution in [0.1, 0.15) is 132 Å². The van der Waals surface area contributed by atoms with E-state index in [2.05, 4.69) is 282 Å². The van der Waals surface area contributed by atoms with Crippen molar-refractivity contribution in [2.24, 2.45) is 0 Å². The molecular formula is C66H72BN3. The van der Waals surface area contributed by atoms with Crippen LogP contribution in [0.2, 0.25) is 0 Å². The molecule has 0 fully saturated rings. The van der Waals surface area contributed by atoms with Gasteiger partial charge in [-0.25, -0.2) is 0 Å². The molecule has 4 heteroatoms. The summed E-state index contributed by atoms with van der Waals surface area (Å²) in [6.07, 6.45) is 0. The number of nitrogens with zero attached hydrogens (tertiary/aromatic N) is 3. The predicted molar refractivity (Wildman–Crippen MR) is 306 cm³/mol. The van der Waals surface area contributed by atoms with Crippen molar-refractivity contribution in [2.45, 2.75) is 131 Å². The molecule has 0 unspecified atom stereocenters. The van der Waals surface area contributed by atoms with Crippen molar-refractivity contribution in [1.82, 2.24) is 0 Å². The Kier molecular flexibility index (Phi) is 11.2. The van der Waals surface area contributed by atoms with E-state index in [4.69, 9.17) is 0 Å². The van der Waals surface area contributed by atoms with Crippen molar-refractivity contribution in [1.29, 1.82) is 0 Å². The fourth-order valence-electron chi connectivity index (χ4n) is 10.8. The highest BCUT2D eigenvalue weighted by Gasteiger charge is 2.45. The summed E-state index contributed by atoms with van der Waals surface area (Å²) in [5.74, 6) is 0. The van der Waals surface area contributed by atoms with E-state index < -0.39 is 0 Å². The van der Waals surface area contributed by atoms with Gasteiger partial charge in [0.05, 0.1) is 11.4 Å². The Morgan fingerprint density at radius 1 is 0.329 bits per heavy atom. The molecule has 354 valence electrons. The summed E-state index contributed by atoms with van der Waals surface area (Å²) in [6, 6.07) is 63.3. The normalized spacial score (nSPS) is 13.8. The second kappa shape index (κ2) is 16.5. The third-order valence-electron chi connectivity index (χ3n) is 15.0. The summed E-state index contributed by atoms with van der Waals surface area (Å²) < 4.78 is 0. The minimum Gasteiger partial charge on any atom is -0.311 e. The summed E-state index contributed by atoms with van der Waals surface area (Å²) in [6.45, 7) is 34.8. The van der Waals surface area contributed by atoms with Gasteiger partial charge < -0.3 is 14.7 Å². The minimum absolute atomic E-state index is 0.0151. The average molecular weight is 918 g/mol. The van der Waals surface area contributed by atoms with E-state index in [-0.39, 0.29) is 33.8 Å². The second-order valence-corrected chi connectivity index (χ2v) is 25.3. The molecule has 8 aromatic rings. The SMILES string of the molecule is CC(C)(C)c1ccc(N2c3ccc(C(C)(C)C)cc3B3c4cc(C(C)(C)C)ccc4N(c4cccc5ccccc45)c4cc(N(c5cccc(C(C)(C)C)c5)c5cccc(C(C)(C)C)c5)cc2c43)cc1. The highest BCUT2D eigenvalue weighted by atomic mass is 15.2. The lowest BCUT2D eigenvalue weighted by molar-refractivity contribution is 0.589. The molecule has 2 aliphatic rings. The van der Waals surface area contributed by atoms with Gasteiger partial charge in [0.2, 0.25) is 0 Å². The van der Waals surface area contributed by atoms with Gasteiger partial charge in [-0.2, -0.15) is 0 Å². The molecule has 0 amide bonds. The van der Waals surface area contributed by atoms with Crippen molar-refractivity contribution in [2.75, 3.05) is 14.7 Å². The number of rotatable bonds is 5. The number of hydrogen-bond donors (Lipinski definition) is 0. The highest BCUT2D eigenvalue weighted by Crippen LogP contribution is 2.50. The average Bonchev–Trinajstić information content (AvgIpc) is 3.30. The summed E-state index contributed by atoms with van der Waals surface area (Å²) in [5, 5.41) is 2.45. The lowest BCUT2D eigenvalue weighted by atomic mass is 9.33. The number of anilines is 9. The quantitative estimate of drug-likeness (QED) is 0.159. The number of fused-ring (bicyclic) bond motifs is 5. The van der Waals surface area contributed by atoms with Crippen molar-refractivity contribution < 1.29 is 0 Å². The molecule has 0 aromatic heterocycles. The summed E-state index contributed by atoms with van der Waals surface area (Å²) in [5.41, 5.74) is 20.9. The van der Waals surface area contributed by atoms with Crippen molar-refractivity contribution in [3.8, 4) is 0 Å². The smallest absolute Gasteiger partial charge is 0.252 e. The van der Waals surface area contributed by atoms with E-state index in [0.29, 0.717) is 0 Å². The van der Waals surface area contributed by atoms with Gasteiger partial charge in [-0.3, -0.25) is 0 Å². The van der Waals surface area contributed by atoms with E-state index in [1.165, 1.54) is 83.4 Å². The zero-order valence-corrected chi connectivity index (χ0v) is 44.5. The molecule has 2 aliphatic heterocycles. The largest absolute Gasteiger partial charge is 0.311 e. The Bertz CT molecular complexity index is 3240. The molecule has 0 saturated heterocycles. The van der Waals surface area contributed by atoms with Crippen LogP contribution in [0.15, 0.2) is 164 Å². The topological polar surface area (TPSA) is 9.72 Å². The molecule has 0 atom stereocenters. The van der Waals surface area contributed by atoms with Crippen LogP contribution in [-0.2, 0) is 27.1 Å². The van der Waals surface area contributed by atoms with Gasteiger partial charge in [-0.1, -0.05) is 201 Å². The Morgan fingerprint density at radius 3 is 1.27 bits per heavy atom. The van der Waals surface area contributed by atoms with E-state index in [1.807, 2.05) is 0 Å². The molecular weight excluding hydrogens is 846 g/mol. The van der Waals surface area contributed by atoms with Gasteiger partial charge in [0.25, 0.3) is 6.71 Å². The van der Waals surface area contributed by atoms with Crippen molar-refractivity contribution in [3.05, 3.63) is 192 Å². The van der Waals surface area contributed by atoms with Crippen LogP contribution in [0.4, 0.5) is 51.2 Å². The van der Waals surface area contributed by atoms with E-state index in [9.17, 15) is 0 Å². The molecule has 8 aromatic carbocycles. The monoisotopic (exact) mass is 918 g/mol. The van der Waals surface area contributed by atoms with Gasteiger partial charge in [0, 0.05) is 45.2 Å². The standard InChI is InChI=1S/C66H72BN3/c1-62(2,3)44-29-33-49(34-30-44)69-57-35-31-47(65(10,11)12)39-54(57)67-55-40-48(66(13,14)15)32-36-58(55)70(56-28-18-22-43-21-16-17-27-53(43)56)60-42-52(41-59(69)61(60)67)68(50-25-19-23-45(37-50)63(4,5)6)51-26-20-24-46(38-51)64(7,8)9/h16-42H,1-15H3. The van der Waals surface area contributed by atoms with E-state index in [1.54, 1.807) is 0 Å². The first-order chi connectivity index (χ1) is 32.9. The molecule has 0 bridgehead atoms. The van der Waals surface area contributed by atoms with Crippen LogP contribution < -0.4 is 31.1 Å². The summed E-state index contributed by atoms with van der Waals surface area (Å²) in [7, 11) is 0. The Hall–Kier alpha value is -6.52. The van der Waals surface area contributed by atoms with Gasteiger partial charge in [0.15, 0.2) is 0 Å². The summed E-state index contributed by atoms with van der Waals surface area (Å²) >= 11 is 0. The van der Waals surface area contributed by atoms with E-state index in [0.717, 1.165) is 22.7 Å². The first-order valence-corrected chi connectivity index (χ1v) is 25.5. The Morgan fingerprint density at radius 2 is 0.757 bits per heavy atom. The third kappa shape index (κ3) is 8.31. The van der Waals surface area contributed by atoms with Crippen LogP contribution in [0.25, 0.3) is 10.8 Å². The van der Waals surface area contributed by atoms with Crippen LogP contribution in [0, 0.1) is 0 Å². The molecule has 70 heavy (non-hydrogen) atoms. The minimum atomic E-state index is -0.0540. The van der Waals surface area contributed by atoms with E-state index >= 15 is 0 Å². The lowest BCUT2D eigenvalue weighted by Gasteiger charge is -2.46. The molecule has 3 nitrogen and oxygen atoms in total. The number of hydrogen-bond acceptors (Lipinski definition) is 3. The lowest BCUT2D eigenvalue weighted by Crippen LogP contribution is -2.61. The highest BCUT2D eigenvalue weighted by molar-refractivity contribution is 7.00. The van der Waals surface area contributed by atoms with Gasteiger partial charge in [0.1, 0.15) is 0 Å². The molecule has 0 aliphatic carbocycles. The van der Waals surface area contributed by atoms with Crippen molar-refractivity contribution >= 4 is 85.1 Å². The summed E-state index contributed by atoms with van der Waals surface area (Å²) in [4.78, 5) is 7.72. The maximum absolute atomic E-state index is 2.61. The first-order valence-electron chi connectivity index (χ1n) is 25.5. The molecule has 2 heterocycles. The van der Waals surface area contributed by atoms with Crippen LogP contribution in [-0.4, -0.2) is 6.71 Å². The van der Waals surface area contributed by atoms with Crippen LogP contribution >= 0.6 is 0 Å². The fourth-order valence-corrected chi connectivity index (χ4v) is 10.8. The van der Waals surface area contributed by atoms with Crippen LogP contribution in [0.3, 0.4) is 0 Å². The zero-order chi connectivity index (χ0) is 49.9. The molecule has 0 saturated carbocycles. The Balaban J connectivity index is 1.38. The molecule has 10 rings (SSSR count). The molecule has 0 spiro atoms. The van der Waals surface area contributed by atoms with Crippen molar-refractivity contribution in [3.63, 3.8) is 0 Å². The maximum Gasteiger partial charge on any atom is 0.252 e. The zero-order valence-electron chi connectivity index (χ0n) is 44.5. The van der Waals surface area contributed by atoms with Crippen LogP contribution in [0.5, 0.6) is 0 Å².